The van der Waals surface area contributed by atoms with E-state index in [0.29, 0.717) is 5.82 Å². The number of fused-ring (bicyclic) bond motifs is 1. The molecule has 0 spiro atoms. The van der Waals surface area contributed by atoms with Gasteiger partial charge in [-0.3, -0.25) is 9.78 Å². The highest BCUT2D eigenvalue weighted by Gasteiger charge is 2.24. The number of amides is 1. The van der Waals surface area contributed by atoms with Crippen molar-refractivity contribution in [2.75, 3.05) is 5.32 Å². The molecule has 1 aliphatic rings. The summed E-state index contributed by atoms with van der Waals surface area (Å²) in [6, 6.07) is 3.39. The van der Waals surface area contributed by atoms with Gasteiger partial charge in [-0.15, -0.1) is 0 Å². The lowest BCUT2D eigenvalue weighted by atomic mass is 9.95. The molecule has 0 fully saturated rings. The Morgan fingerprint density at radius 1 is 1.14 bits per heavy atom. The van der Waals surface area contributed by atoms with Gasteiger partial charge in [-0.2, -0.15) is 0 Å². The number of aromatic nitrogens is 2. The summed E-state index contributed by atoms with van der Waals surface area (Å²) in [7, 11) is 0. The van der Waals surface area contributed by atoms with E-state index in [2.05, 4.69) is 20.6 Å². The largest absolute Gasteiger partial charge is 0.391 e. The van der Waals surface area contributed by atoms with E-state index in [-0.39, 0.29) is 17.9 Å². The van der Waals surface area contributed by atoms with Gasteiger partial charge in [-0.1, -0.05) is 19.9 Å². The van der Waals surface area contributed by atoms with Crippen molar-refractivity contribution in [1.29, 1.82) is 0 Å². The van der Waals surface area contributed by atoms with Crippen molar-refractivity contribution in [3.63, 3.8) is 0 Å². The summed E-state index contributed by atoms with van der Waals surface area (Å²) < 4.78 is 0. The van der Waals surface area contributed by atoms with Crippen LogP contribution in [-0.4, -0.2) is 44.3 Å². The van der Waals surface area contributed by atoms with Crippen LogP contribution in [0.15, 0.2) is 42.4 Å². The number of hydrogen-bond donors (Lipinski definition) is 4. The minimum absolute atomic E-state index is 0.0791. The van der Waals surface area contributed by atoms with Crippen LogP contribution < -0.4 is 10.6 Å². The minimum Gasteiger partial charge on any atom is -0.391 e. The molecule has 148 valence electrons. The number of hydrogen-bond acceptors (Lipinski definition) is 6. The highest BCUT2D eigenvalue weighted by Crippen LogP contribution is 2.27. The number of carbonyl (C=O) groups is 1. The number of aliphatic hydroxyl groups excluding tert-OH is 2. The second kappa shape index (κ2) is 8.08. The van der Waals surface area contributed by atoms with Gasteiger partial charge in [0, 0.05) is 40.9 Å². The minimum atomic E-state index is -0.888. The van der Waals surface area contributed by atoms with Crippen molar-refractivity contribution < 1.29 is 15.0 Å². The van der Waals surface area contributed by atoms with E-state index in [0.717, 1.165) is 27.6 Å². The van der Waals surface area contributed by atoms with Gasteiger partial charge in [0.05, 0.1) is 17.8 Å². The van der Waals surface area contributed by atoms with Crippen molar-refractivity contribution in [3.05, 3.63) is 48.1 Å². The number of carbonyl (C=O) groups excluding carboxylic acids is 1. The number of aliphatic hydroxyl groups is 2. The van der Waals surface area contributed by atoms with Crippen molar-refractivity contribution in [2.45, 2.75) is 45.9 Å². The normalized spacial score (nSPS) is 18.9. The summed E-state index contributed by atoms with van der Waals surface area (Å²) in [5.41, 5.74) is 2.65. The monoisotopic (exact) mass is 382 g/mol. The molecule has 0 bridgehead atoms. The predicted octanol–water partition coefficient (Wildman–Crippen LogP) is 2.23. The third kappa shape index (κ3) is 4.21. The van der Waals surface area contributed by atoms with Crippen LogP contribution in [0.2, 0.25) is 0 Å². The van der Waals surface area contributed by atoms with Gasteiger partial charge in [0.2, 0.25) is 5.91 Å². The zero-order chi connectivity index (χ0) is 20.4. The van der Waals surface area contributed by atoms with Crippen LogP contribution in [0.5, 0.6) is 0 Å². The number of nitrogens with zero attached hydrogens (tertiary/aromatic N) is 2. The Morgan fingerprint density at radius 2 is 1.82 bits per heavy atom. The van der Waals surface area contributed by atoms with E-state index in [9.17, 15) is 15.0 Å². The molecule has 3 heterocycles. The number of rotatable bonds is 5. The van der Waals surface area contributed by atoms with Gasteiger partial charge in [0.15, 0.2) is 0 Å². The van der Waals surface area contributed by atoms with Crippen LogP contribution >= 0.6 is 0 Å². The van der Waals surface area contributed by atoms with Crippen molar-refractivity contribution >= 4 is 28.1 Å². The first kappa shape index (κ1) is 20.0. The summed E-state index contributed by atoms with van der Waals surface area (Å²) in [5, 5.41) is 27.3. The molecule has 0 saturated heterocycles. The Morgan fingerprint density at radius 3 is 2.46 bits per heavy atom. The number of allylic oxidation sites excluding steroid dienone is 2. The zero-order valence-corrected chi connectivity index (χ0v) is 16.5. The zero-order valence-electron chi connectivity index (χ0n) is 16.5. The lowest BCUT2D eigenvalue weighted by Gasteiger charge is -2.27. The molecular formula is C21H26N4O3. The second-order valence-corrected chi connectivity index (χ2v) is 7.46. The smallest absolute Gasteiger partial charge is 0.228 e. The number of nitrogens with one attached hydrogen (secondary N) is 2. The highest BCUT2D eigenvalue weighted by molar-refractivity contribution is 5.94. The number of pyridine rings is 2. The molecule has 3 unspecified atom stereocenters. The molecule has 28 heavy (non-hydrogen) atoms. The fraction of sp³-hybridized carbons (Fsp3) is 0.381. The van der Waals surface area contributed by atoms with E-state index in [1.54, 1.807) is 25.4 Å². The summed E-state index contributed by atoms with van der Waals surface area (Å²) in [6.45, 7) is 7.17. The van der Waals surface area contributed by atoms with Crippen LogP contribution in [-0.2, 0) is 4.79 Å². The van der Waals surface area contributed by atoms with Crippen LogP contribution in [0.25, 0.3) is 16.3 Å². The maximum absolute atomic E-state index is 11.8. The molecule has 3 atom stereocenters. The average molecular weight is 382 g/mol. The van der Waals surface area contributed by atoms with Gasteiger partial charge in [-0.05, 0) is 31.6 Å². The SMILES string of the molecule is CC1=CC(C(O)C(C)O)NC=C1c1cc2cnc(NC(=O)C(C)C)cc2cn1. The van der Waals surface area contributed by atoms with E-state index >= 15 is 0 Å². The van der Waals surface area contributed by atoms with Gasteiger partial charge in [0.1, 0.15) is 11.9 Å². The van der Waals surface area contributed by atoms with Crippen LogP contribution in [0, 0.1) is 5.92 Å². The number of dihydropyridines is 1. The second-order valence-electron chi connectivity index (χ2n) is 7.46. The Labute approximate surface area is 164 Å². The summed E-state index contributed by atoms with van der Waals surface area (Å²) in [5.74, 6) is 0.310. The maximum Gasteiger partial charge on any atom is 0.228 e. The Hall–Kier alpha value is -2.77. The average Bonchev–Trinajstić information content (AvgIpc) is 2.66. The van der Waals surface area contributed by atoms with Crippen molar-refractivity contribution in [3.8, 4) is 0 Å². The molecule has 4 N–H and O–H groups in total. The van der Waals surface area contributed by atoms with Crippen LogP contribution in [0.1, 0.15) is 33.4 Å². The first-order valence-electron chi connectivity index (χ1n) is 9.34. The van der Waals surface area contributed by atoms with E-state index in [1.807, 2.05) is 39.1 Å². The molecule has 3 rings (SSSR count). The Kier molecular flexibility index (Phi) is 5.76. The molecule has 0 aliphatic carbocycles. The summed E-state index contributed by atoms with van der Waals surface area (Å²) >= 11 is 0. The first-order valence-corrected chi connectivity index (χ1v) is 9.34. The topological polar surface area (TPSA) is 107 Å². The molecule has 1 amide bonds. The maximum atomic E-state index is 11.8. The number of anilines is 1. The molecule has 7 heteroatoms. The van der Waals surface area contributed by atoms with Crippen molar-refractivity contribution in [1.82, 2.24) is 15.3 Å². The molecule has 0 aromatic carbocycles. The predicted molar refractivity (Wildman–Crippen MR) is 109 cm³/mol. The highest BCUT2D eigenvalue weighted by atomic mass is 16.3. The summed E-state index contributed by atoms with van der Waals surface area (Å²) in [6.07, 6.45) is 5.45. The van der Waals surface area contributed by atoms with Crippen molar-refractivity contribution in [2.24, 2.45) is 5.92 Å². The fourth-order valence-corrected chi connectivity index (χ4v) is 3.00. The Bertz CT molecular complexity index is 950. The lowest BCUT2D eigenvalue weighted by Crippen LogP contribution is -2.43. The molecule has 0 radical (unpaired) electrons. The molecule has 2 aromatic rings. The van der Waals surface area contributed by atoms with E-state index < -0.39 is 12.2 Å². The molecular weight excluding hydrogens is 356 g/mol. The van der Waals surface area contributed by atoms with Crippen LogP contribution in [0.4, 0.5) is 5.82 Å². The molecule has 2 aromatic heterocycles. The lowest BCUT2D eigenvalue weighted by molar-refractivity contribution is -0.118. The fourth-order valence-electron chi connectivity index (χ4n) is 3.00. The van der Waals surface area contributed by atoms with Gasteiger partial charge < -0.3 is 20.8 Å². The van der Waals surface area contributed by atoms with Gasteiger partial charge >= 0.3 is 0 Å². The molecule has 0 saturated carbocycles. The Balaban J connectivity index is 1.83. The van der Waals surface area contributed by atoms with E-state index in [4.69, 9.17) is 0 Å². The third-order valence-electron chi connectivity index (χ3n) is 4.79. The molecule has 7 nitrogen and oxygen atoms in total. The summed E-state index contributed by atoms with van der Waals surface area (Å²) in [4.78, 5) is 20.7. The first-order chi connectivity index (χ1) is 13.3. The van der Waals surface area contributed by atoms with Gasteiger partial charge in [0.25, 0.3) is 0 Å². The van der Waals surface area contributed by atoms with Crippen LogP contribution in [0.3, 0.4) is 0 Å². The third-order valence-corrected chi connectivity index (χ3v) is 4.79. The molecule has 1 aliphatic heterocycles. The van der Waals surface area contributed by atoms with E-state index in [1.165, 1.54) is 0 Å². The quantitative estimate of drug-likeness (QED) is 0.632. The van der Waals surface area contributed by atoms with Gasteiger partial charge in [-0.25, -0.2) is 4.98 Å². The standard InChI is InChI=1S/C21H26N4O3/c1-11(2)21(28)25-19-7-15-8-22-17(6-14(15)9-24-19)16-10-23-18(5-12(16)3)20(27)13(4)26/h5-11,13,18,20,23,26-27H,1-4H3,(H,24,25,28).